The molecule has 3 rings (SSSR count). The van der Waals surface area contributed by atoms with Gasteiger partial charge in [0.25, 0.3) is 0 Å². The number of rotatable bonds is 4. The number of carboxylic acid groups (broad SMARTS) is 3. The summed E-state index contributed by atoms with van der Waals surface area (Å²) in [6.45, 7) is 4.33. The lowest BCUT2D eigenvalue weighted by Gasteiger charge is -2.23. The highest BCUT2D eigenvalue weighted by molar-refractivity contribution is 9.10. The smallest absolute Gasteiger partial charge is 0.407 e. The maximum absolute atomic E-state index is 11.5. The van der Waals surface area contributed by atoms with Crippen molar-refractivity contribution in [2.24, 2.45) is 0 Å². The maximum Gasteiger partial charge on any atom is 0.407 e. The molecular weight excluding hydrogens is 456 g/mol. The Balaban J connectivity index is 0.000000297. The Morgan fingerprint density at radius 1 is 0.967 bits per heavy atom. The third kappa shape index (κ3) is 6.30. The fourth-order valence-electron chi connectivity index (χ4n) is 3.12. The van der Waals surface area contributed by atoms with E-state index < -0.39 is 18.0 Å². The number of nitrogens with zero attached hydrogens (tertiary/aromatic N) is 1. The number of hydrogen-bond donors (Lipinski definition) is 4. The summed E-state index contributed by atoms with van der Waals surface area (Å²) in [7, 11) is 0. The first-order valence-corrected chi connectivity index (χ1v) is 10.0. The van der Waals surface area contributed by atoms with Gasteiger partial charge in [0.1, 0.15) is 0 Å². The summed E-state index contributed by atoms with van der Waals surface area (Å²) >= 11 is 3.35. The predicted octanol–water partition coefficient (Wildman–Crippen LogP) is 3.31. The van der Waals surface area contributed by atoms with Crippen molar-refractivity contribution in [2.45, 2.75) is 13.3 Å². The van der Waals surface area contributed by atoms with Crippen molar-refractivity contribution in [1.29, 1.82) is 0 Å². The molecule has 1 saturated heterocycles. The van der Waals surface area contributed by atoms with Crippen LogP contribution in [-0.4, -0.2) is 64.4 Å². The molecule has 0 aromatic heterocycles. The Hall–Kier alpha value is -2.91. The van der Waals surface area contributed by atoms with E-state index in [0.29, 0.717) is 25.1 Å². The van der Waals surface area contributed by atoms with Gasteiger partial charge in [0, 0.05) is 30.7 Å². The summed E-state index contributed by atoms with van der Waals surface area (Å²) in [4.78, 5) is 34.2. The highest BCUT2D eigenvalue weighted by Gasteiger charge is 2.19. The van der Waals surface area contributed by atoms with Gasteiger partial charge in [-0.05, 0) is 48.2 Å². The molecule has 4 N–H and O–H groups in total. The topological polar surface area (TPSA) is 127 Å². The van der Waals surface area contributed by atoms with Crippen molar-refractivity contribution in [3.63, 3.8) is 0 Å². The Labute approximate surface area is 182 Å². The van der Waals surface area contributed by atoms with Gasteiger partial charge in [0.15, 0.2) is 0 Å². The monoisotopic (exact) mass is 478 g/mol. The Kier molecular flexibility index (Phi) is 8.37. The lowest BCUT2D eigenvalue weighted by Crippen LogP contribution is -2.45. The van der Waals surface area contributed by atoms with E-state index in [0.717, 1.165) is 23.1 Å². The van der Waals surface area contributed by atoms with Crippen molar-refractivity contribution in [2.75, 3.05) is 26.2 Å². The second kappa shape index (κ2) is 10.7. The molecule has 160 valence electrons. The van der Waals surface area contributed by atoms with E-state index in [9.17, 15) is 19.5 Å². The van der Waals surface area contributed by atoms with E-state index in [-0.39, 0.29) is 16.7 Å². The minimum absolute atomic E-state index is 0.0203. The number of nitrogens with one attached hydrogen (secondary N) is 1. The molecule has 8 nitrogen and oxygen atoms in total. The third-order valence-electron chi connectivity index (χ3n) is 4.69. The summed E-state index contributed by atoms with van der Waals surface area (Å²) in [6.07, 6.45) is -0.369. The van der Waals surface area contributed by atoms with E-state index >= 15 is 0 Å². The standard InChI is InChI=1S/C16H13BrO4.C5H10N2O2/c1-9-13(15(18)19)7-4-11(14(9)16(20)21)8-10-2-5-12(17)6-3-10;8-5(9)7-3-1-6-2-4-7/h2-7H,8H2,1H3,(H,18,19)(H,20,21);6H,1-4H2,(H,8,9). The average molecular weight is 479 g/mol. The number of amides is 1. The Morgan fingerprint density at radius 3 is 2.03 bits per heavy atom. The van der Waals surface area contributed by atoms with Gasteiger partial charge in [-0.1, -0.05) is 34.1 Å². The van der Waals surface area contributed by atoms with Gasteiger partial charge in [-0.25, -0.2) is 14.4 Å². The van der Waals surface area contributed by atoms with Crippen LogP contribution >= 0.6 is 15.9 Å². The first-order valence-electron chi connectivity index (χ1n) is 9.22. The lowest BCUT2D eigenvalue weighted by molar-refractivity contribution is 0.0695. The molecule has 1 fully saturated rings. The van der Waals surface area contributed by atoms with Crippen LogP contribution in [0.2, 0.25) is 0 Å². The normalized spacial score (nSPS) is 13.2. The number of halogens is 1. The number of benzene rings is 2. The van der Waals surface area contributed by atoms with Crippen molar-refractivity contribution in [3.8, 4) is 0 Å². The number of hydrogen-bond acceptors (Lipinski definition) is 4. The SMILES string of the molecule is Cc1c(C(=O)O)ccc(Cc2ccc(Br)cc2)c1C(=O)O.O=C(O)N1CCNCC1. The Morgan fingerprint density at radius 2 is 1.57 bits per heavy atom. The summed E-state index contributed by atoms with van der Waals surface area (Å²) in [5, 5.41) is 30.0. The fraction of sp³-hybridized carbons (Fsp3) is 0.286. The molecule has 1 aliphatic rings. The molecule has 0 spiro atoms. The van der Waals surface area contributed by atoms with Crippen LogP contribution in [0.3, 0.4) is 0 Å². The van der Waals surface area contributed by atoms with Gasteiger partial charge in [-0.15, -0.1) is 0 Å². The predicted molar refractivity (Wildman–Crippen MR) is 115 cm³/mol. The van der Waals surface area contributed by atoms with Crippen molar-refractivity contribution >= 4 is 34.0 Å². The minimum Gasteiger partial charge on any atom is -0.478 e. The Bertz CT molecular complexity index is 924. The first-order chi connectivity index (χ1) is 14.2. The van der Waals surface area contributed by atoms with E-state index in [2.05, 4.69) is 21.2 Å². The molecule has 0 atom stereocenters. The quantitative estimate of drug-likeness (QED) is 0.530. The van der Waals surface area contributed by atoms with Crippen LogP contribution in [0.15, 0.2) is 40.9 Å². The van der Waals surface area contributed by atoms with Crippen LogP contribution in [0.5, 0.6) is 0 Å². The molecule has 0 unspecified atom stereocenters. The van der Waals surface area contributed by atoms with Crippen LogP contribution in [0, 0.1) is 6.92 Å². The van der Waals surface area contributed by atoms with Gasteiger partial charge < -0.3 is 25.5 Å². The van der Waals surface area contributed by atoms with E-state index in [1.54, 1.807) is 6.07 Å². The highest BCUT2D eigenvalue weighted by atomic mass is 79.9. The summed E-state index contributed by atoms with van der Waals surface area (Å²) in [5.74, 6) is -2.23. The zero-order valence-corrected chi connectivity index (χ0v) is 18.0. The average Bonchev–Trinajstić information content (AvgIpc) is 2.70. The zero-order valence-electron chi connectivity index (χ0n) is 16.4. The number of aromatic carboxylic acids is 2. The van der Waals surface area contributed by atoms with E-state index in [4.69, 9.17) is 10.2 Å². The lowest BCUT2D eigenvalue weighted by atomic mass is 9.93. The molecule has 2 aromatic carbocycles. The van der Waals surface area contributed by atoms with Crippen molar-refractivity contribution in [3.05, 3.63) is 68.7 Å². The van der Waals surface area contributed by atoms with Crippen LogP contribution < -0.4 is 5.32 Å². The van der Waals surface area contributed by atoms with Crippen LogP contribution in [0.25, 0.3) is 0 Å². The van der Waals surface area contributed by atoms with Gasteiger partial charge in [-0.3, -0.25) is 0 Å². The number of carbonyl (C=O) groups is 3. The summed E-state index contributed by atoms with van der Waals surface area (Å²) < 4.78 is 0.946. The third-order valence-corrected chi connectivity index (χ3v) is 5.22. The van der Waals surface area contributed by atoms with Crippen molar-refractivity contribution in [1.82, 2.24) is 10.2 Å². The summed E-state index contributed by atoms with van der Waals surface area (Å²) in [5.41, 5.74) is 1.94. The van der Waals surface area contributed by atoms with Gasteiger partial charge >= 0.3 is 18.0 Å². The van der Waals surface area contributed by atoms with Crippen LogP contribution in [0.4, 0.5) is 4.79 Å². The molecule has 1 amide bonds. The molecule has 1 heterocycles. The maximum atomic E-state index is 11.5. The zero-order chi connectivity index (χ0) is 22.3. The molecule has 2 aromatic rings. The van der Waals surface area contributed by atoms with E-state index in [1.165, 1.54) is 17.9 Å². The first kappa shape index (κ1) is 23.4. The van der Waals surface area contributed by atoms with Gasteiger partial charge in [0.2, 0.25) is 0 Å². The molecule has 30 heavy (non-hydrogen) atoms. The minimum atomic E-state index is -1.12. The highest BCUT2D eigenvalue weighted by Crippen LogP contribution is 2.22. The molecular formula is C21H23BrN2O6. The summed E-state index contributed by atoms with van der Waals surface area (Å²) in [6, 6.07) is 10.6. The molecule has 0 saturated carbocycles. The molecule has 1 aliphatic heterocycles. The molecule has 9 heteroatoms. The number of piperazine rings is 1. The molecule has 0 aliphatic carbocycles. The number of carboxylic acids is 2. The fourth-order valence-corrected chi connectivity index (χ4v) is 3.39. The van der Waals surface area contributed by atoms with E-state index in [1.807, 2.05) is 24.3 Å². The molecule has 0 radical (unpaired) electrons. The van der Waals surface area contributed by atoms with Crippen molar-refractivity contribution < 1.29 is 29.7 Å². The van der Waals surface area contributed by atoms with Gasteiger partial charge in [-0.2, -0.15) is 0 Å². The molecule has 0 bridgehead atoms. The van der Waals surface area contributed by atoms with Crippen LogP contribution in [0.1, 0.15) is 37.4 Å². The van der Waals surface area contributed by atoms with Gasteiger partial charge in [0.05, 0.1) is 11.1 Å². The second-order valence-corrected chi connectivity index (χ2v) is 7.62. The second-order valence-electron chi connectivity index (χ2n) is 6.71. The van der Waals surface area contributed by atoms with Crippen LogP contribution in [-0.2, 0) is 6.42 Å². The largest absolute Gasteiger partial charge is 0.478 e.